The Morgan fingerprint density at radius 3 is 2.35 bits per heavy atom. The van der Waals surface area contributed by atoms with Gasteiger partial charge >= 0.3 is 12.1 Å². The highest BCUT2D eigenvalue weighted by Gasteiger charge is 2.40. The summed E-state index contributed by atoms with van der Waals surface area (Å²) in [4.78, 5) is 20.3. The highest BCUT2D eigenvalue weighted by Crippen LogP contribution is 2.48. The van der Waals surface area contributed by atoms with Gasteiger partial charge in [0.1, 0.15) is 23.3 Å². The third kappa shape index (κ3) is 5.39. The molecular weight excluding hydrogens is 489 g/mol. The predicted molar refractivity (Wildman–Crippen MR) is 107 cm³/mol. The number of carbonyl (C=O) groups excluding carboxylic acids is 1. The van der Waals surface area contributed by atoms with Gasteiger partial charge in [-0.25, -0.2) is 9.18 Å². The number of carbonyl (C=O) groups is 1. The van der Waals surface area contributed by atoms with Crippen LogP contribution in [-0.4, -0.2) is 24.3 Å². The number of hydrogen-bond acceptors (Lipinski definition) is 4. The molecular formula is C19H14Cl3F4NO4. The minimum absolute atomic E-state index is 0.0566. The van der Waals surface area contributed by atoms with Crippen molar-refractivity contribution in [3.8, 4) is 28.7 Å². The van der Waals surface area contributed by atoms with E-state index in [1.54, 1.807) is 0 Å². The summed E-state index contributed by atoms with van der Waals surface area (Å²) in [6.07, 6.45) is -5.12. The fourth-order valence-corrected chi connectivity index (χ4v) is 3.60. The molecule has 31 heavy (non-hydrogen) atoms. The van der Waals surface area contributed by atoms with Crippen LogP contribution in [0.3, 0.4) is 0 Å². The van der Waals surface area contributed by atoms with Crippen LogP contribution in [0.2, 0.25) is 15.2 Å². The largest absolute Gasteiger partial charge is 0.432 e. The van der Waals surface area contributed by atoms with Crippen LogP contribution in [-0.2, 0) is 34.1 Å². The van der Waals surface area contributed by atoms with E-state index in [4.69, 9.17) is 44.4 Å². The molecule has 5 nitrogen and oxygen atoms in total. The molecule has 1 aromatic heterocycles. The van der Waals surface area contributed by atoms with Crippen LogP contribution in [0.25, 0.3) is 11.1 Å². The van der Waals surface area contributed by atoms with E-state index in [2.05, 4.69) is 16.7 Å². The molecule has 0 radical (unpaired) electrons. The van der Waals surface area contributed by atoms with Crippen LogP contribution >= 0.6 is 34.8 Å². The van der Waals surface area contributed by atoms with E-state index in [-0.39, 0.29) is 29.4 Å². The van der Waals surface area contributed by atoms with Gasteiger partial charge in [-0.3, -0.25) is 9.78 Å². The van der Waals surface area contributed by atoms with Gasteiger partial charge in [-0.1, -0.05) is 46.6 Å². The van der Waals surface area contributed by atoms with Gasteiger partial charge in [0.25, 0.3) is 0 Å². The molecule has 2 aromatic rings. The third-order valence-electron chi connectivity index (χ3n) is 3.92. The molecule has 12 heteroatoms. The fourth-order valence-electron chi connectivity index (χ4n) is 2.61. The van der Waals surface area contributed by atoms with E-state index >= 15 is 4.39 Å². The molecule has 0 fully saturated rings. The quantitative estimate of drug-likeness (QED) is 0.222. The van der Waals surface area contributed by atoms with E-state index in [1.807, 2.05) is 0 Å². The number of nitrogens with zero attached hydrogens (tertiary/aromatic N) is 1. The minimum Gasteiger partial charge on any atom is -0.372 e. The topological polar surface area (TPSA) is 49.7 Å². The van der Waals surface area contributed by atoms with E-state index in [1.165, 1.54) is 7.11 Å². The van der Waals surface area contributed by atoms with Gasteiger partial charge in [0.05, 0.1) is 10.0 Å². The zero-order valence-electron chi connectivity index (χ0n) is 16.2. The molecule has 0 atom stereocenters. The van der Waals surface area contributed by atoms with E-state index < -0.39 is 45.0 Å². The second-order valence-electron chi connectivity index (χ2n) is 6.04. The molecule has 0 aliphatic carbocycles. The highest BCUT2D eigenvalue weighted by molar-refractivity contribution is 6.40. The Hall–Kier alpha value is -2.12. The number of methoxy groups -OCH3 is 1. The number of alkyl halides is 3. The number of benzene rings is 1. The Morgan fingerprint density at radius 1 is 1.19 bits per heavy atom. The first-order valence-electron chi connectivity index (χ1n) is 8.33. The standard InChI is InChI=1S/C19H14Cl3F4NO4/c1-9(28)30-31-12-8-11(16(23)10(14(12)20)6-4-5-7-29-3)13-15(21)17(19(24,25)26)27(2)18(13)22/h8H,6-7H2,1-3H3. The van der Waals surface area contributed by atoms with Gasteiger partial charge in [0.15, 0.2) is 5.75 Å². The molecule has 0 bridgehead atoms. The Kier molecular flexibility index (Phi) is 8.11. The summed E-state index contributed by atoms with van der Waals surface area (Å²) < 4.78 is 60.9. The lowest BCUT2D eigenvalue weighted by atomic mass is 10.0. The first-order chi connectivity index (χ1) is 14.4. The van der Waals surface area contributed by atoms with E-state index in [0.29, 0.717) is 4.57 Å². The molecule has 0 saturated heterocycles. The number of hydrogen-bond donors (Lipinski definition) is 0. The van der Waals surface area contributed by atoms with Crippen molar-refractivity contribution in [1.82, 2.24) is 4.57 Å². The molecule has 0 aliphatic heterocycles. The van der Waals surface area contributed by atoms with Crippen LogP contribution < -0.4 is 4.89 Å². The molecule has 1 aromatic carbocycles. The molecule has 168 valence electrons. The predicted octanol–water partition coefficient (Wildman–Crippen LogP) is 5.86. The summed E-state index contributed by atoms with van der Waals surface area (Å²) in [5.74, 6) is 2.99. The van der Waals surface area contributed by atoms with Crippen LogP contribution in [0, 0.1) is 17.7 Å². The summed E-state index contributed by atoms with van der Waals surface area (Å²) >= 11 is 18.2. The summed E-state index contributed by atoms with van der Waals surface area (Å²) in [5.41, 5.74) is -2.39. The maximum atomic E-state index is 15.4. The second kappa shape index (κ2) is 10.0. The Morgan fingerprint density at radius 2 is 1.84 bits per heavy atom. The van der Waals surface area contributed by atoms with Crippen molar-refractivity contribution in [3.63, 3.8) is 0 Å². The molecule has 0 N–H and O–H groups in total. The van der Waals surface area contributed by atoms with Gasteiger partial charge < -0.3 is 9.30 Å². The van der Waals surface area contributed by atoms with Gasteiger partial charge in [-0.15, -0.1) is 0 Å². The molecule has 2 rings (SSSR count). The van der Waals surface area contributed by atoms with Crippen LogP contribution in [0.15, 0.2) is 6.07 Å². The van der Waals surface area contributed by atoms with Gasteiger partial charge in [0.2, 0.25) is 0 Å². The average molecular weight is 503 g/mol. The fraction of sp³-hybridized carbons (Fsp3) is 0.316. The van der Waals surface area contributed by atoms with Crippen molar-refractivity contribution in [2.45, 2.75) is 19.5 Å². The molecule has 0 aliphatic rings. The number of halogens is 7. The Balaban J connectivity index is 2.77. The van der Waals surface area contributed by atoms with Crippen molar-refractivity contribution in [2.75, 3.05) is 13.7 Å². The van der Waals surface area contributed by atoms with E-state index in [0.717, 1.165) is 20.0 Å². The van der Waals surface area contributed by atoms with Crippen LogP contribution in [0.4, 0.5) is 17.6 Å². The third-order valence-corrected chi connectivity index (χ3v) is 5.14. The van der Waals surface area contributed by atoms with Crippen molar-refractivity contribution < 1.29 is 36.9 Å². The van der Waals surface area contributed by atoms with Crippen molar-refractivity contribution >= 4 is 40.8 Å². The smallest absolute Gasteiger partial charge is 0.372 e. The normalized spacial score (nSPS) is 11.2. The minimum atomic E-state index is -4.86. The maximum absolute atomic E-state index is 15.4. The molecule has 0 spiro atoms. The number of ether oxygens (including phenoxy) is 1. The lowest BCUT2D eigenvalue weighted by Gasteiger charge is -2.13. The van der Waals surface area contributed by atoms with E-state index in [9.17, 15) is 18.0 Å². The van der Waals surface area contributed by atoms with Crippen molar-refractivity contribution in [1.29, 1.82) is 0 Å². The summed E-state index contributed by atoms with van der Waals surface area (Å²) in [7, 11) is 2.44. The molecule has 0 unspecified atom stereocenters. The first-order valence-corrected chi connectivity index (χ1v) is 9.47. The maximum Gasteiger partial charge on any atom is 0.432 e. The molecule has 1 heterocycles. The molecule has 0 saturated carbocycles. The number of aromatic nitrogens is 1. The Bertz CT molecular complexity index is 1070. The van der Waals surface area contributed by atoms with Crippen molar-refractivity contribution in [2.24, 2.45) is 7.05 Å². The lowest BCUT2D eigenvalue weighted by molar-refractivity contribution is -0.210. The zero-order chi connectivity index (χ0) is 23.5. The van der Waals surface area contributed by atoms with Crippen molar-refractivity contribution in [3.05, 3.63) is 38.3 Å². The monoisotopic (exact) mass is 501 g/mol. The second-order valence-corrected chi connectivity index (χ2v) is 7.15. The van der Waals surface area contributed by atoms with Gasteiger partial charge in [-0.05, 0) is 6.07 Å². The summed E-state index contributed by atoms with van der Waals surface area (Å²) in [6, 6.07) is 0.930. The highest BCUT2D eigenvalue weighted by atomic mass is 35.5. The zero-order valence-corrected chi connectivity index (χ0v) is 18.5. The average Bonchev–Trinajstić information content (AvgIpc) is 2.89. The Labute approximate surface area is 189 Å². The number of rotatable bonds is 5. The summed E-state index contributed by atoms with van der Waals surface area (Å²) in [6.45, 7) is 1.09. The van der Waals surface area contributed by atoms with Crippen LogP contribution in [0.1, 0.15) is 18.2 Å². The summed E-state index contributed by atoms with van der Waals surface area (Å²) in [5, 5.41) is -1.60. The van der Waals surface area contributed by atoms with Gasteiger partial charge in [-0.2, -0.15) is 13.2 Å². The van der Waals surface area contributed by atoms with Gasteiger partial charge in [0, 0.05) is 44.2 Å². The first kappa shape index (κ1) is 25.1. The lowest BCUT2D eigenvalue weighted by Crippen LogP contribution is -2.11. The molecule has 0 amide bonds. The van der Waals surface area contributed by atoms with Crippen LogP contribution in [0.5, 0.6) is 5.75 Å². The SMILES string of the molecule is COCC#CCc1c(F)c(-c2c(Cl)c(C(F)(F)F)n(C)c2Cl)cc(OOC(C)=O)c1Cl.